The minimum atomic E-state index is -1.16. The van der Waals surface area contributed by atoms with Gasteiger partial charge in [0.1, 0.15) is 0 Å². The molecule has 2 aliphatic carbocycles. The number of hydrogen-bond acceptors (Lipinski definition) is 10. The smallest absolute Gasteiger partial charge is 0.258 e. The molecular formula is C22H42N8O4. The van der Waals surface area contributed by atoms with Crippen LogP contribution in [-0.4, -0.2) is 97.4 Å². The maximum atomic E-state index is 12.5. The zero-order valence-electron chi connectivity index (χ0n) is 20.2. The SMILES string of the molecule is O=[N+]([O-])C12CNCCNCC([N+](=O)[O-])(CNC3CCCCC3NC1)CNC1CCCCC1NC2. The molecule has 194 valence electrons. The van der Waals surface area contributed by atoms with Crippen molar-refractivity contribution in [2.45, 2.75) is 86.6 Å². The van der Waals surface area contributed by atoms with Gasteiger partial charge in [0.15, 0.2) is 0 Å². The maximum absolute atomic E-state index is 12.5. The summed E-state index contributed by atoms with van der Waals surface area (Å²) in [6.07, 6.45) is 7.90. The van der Waals surface area contributed by atoms with Gasteiger partial charge in [0, 0.05) is 47.1 Å². The standard InChI is InChI=1S/C22H42N8O4/c31-29(32)21-11-23-9-10-24-12-22(30(33)34,14-26-18-6-2-1-5-17(18)25-13-21)16-28-20-8-4-3-7-19(20)27-15-21/h17-20,23-28H,1-16H2. The average molecular weight is 483 g/mol. The first-order valence-corrected chi connectivity index (χ1v) is 13.1. The first-order valence-electron chi connectivity index (χ1n) is 13.1. The van der Waals surface area contributed by atoms with E-state index in [2.05, 4.69) is 31.9 Å². The molecule has 4 atom stereocenters. The summed E-state index contributed by atoms with van der Waals surface area (Å²) in [6.45, 7) is 2.59. The Labute approximate surface area is 201 Å². The minimum absolute atomic E-state index is 0.0618. The van der Waals surface area contributed by atoms with Crippen LogP contribution in [0.15, 0.2) is 0 Å². The molecule has 0 radical (unpaired) electrons. The lowest BCUT2D eigenvalue weighted by atomic mass is 9.86. The van der Waals surface area contributed by atoms with Gasteiger partial charge in [0.25, 0.3) is 11.1 Å². The van der Waals surface area contributed by atoms with E-state index in [0.717, 1.165) is 51.4 Å². The Balaban J connectivity index is 1.69. The predicted molar refractivity (Wildman–Crippen MR) is 129 cm³/mol. The molecule has 0 aromatic carbocycles. The topological polar surface area (TPSA) is 158 Å². The van der Waals surface area contributed by atoms with E-state index >= 15 is 0 Å². The summed E-state index contributed by atoms with van der Waals surface area (Å²) in [5.74, 6) is 0. The lowest BCUT2D eigenvalue weighted by molar-refractivity contribution is -0.565. The van der Waals surface area contributed by atoms with Crippen LogP contribution in [0.2, 0.25) is 0 Å². The first-order chi connectivity index (χ1) is 16.4. The van der Waals surface area contributed by atoms with E-state index in [1.165, 1.54) is 0 Å². The number of nitrogens with one attached hydrogen (secondary N) is 6. The molecule has 3 saturated heterocycles. The van der Waals surface area contributed by atoms with Gasteiger partial charge in [-0.1, -0.05) is 25.7 Å². The molecule has 34 heavy (non-hydrogen) atoms. The van der Waals surface area contributed by atoms with Gasteiger partial charge in [-0.25, -0.2) is 0 Å². The molecule has 12 heteroatoms. The van der Waals surface area contributed by atoms with Gasteiger partial charge in [0.2, 0.25) is 0 Å². The first kappa shape index (κ1) is 25.6. The predicted octanol–water partition coefficient (Wildman–Crippen LogP) is -0.795. The van der Waals surface area contributed by atoms with Crippen LogP contribution in [0.25, 0.3) is 0 Å². The van der Waals surface area contributed by atoms with Gasteiger partial charge >= 0.3 is 0 Å². The third-order valence-corrected chi connectivity index (χ3v) is 8.47. The van der Waals surface area contributed by atoms with Crippen LogP contribution in [0.1, 0.15) is 51.4 Å². The summed E-state index contributed by atoms with van der Waals surface area (Å²) < 4.78 is 0. The zero-order chi connectivity index (χ0) is 24.0. The third kappa shape index (κ3) is 5.85. The van der Waals surface area contributed by atoms with Gasteiger partial charge in [-0.3, -0.25) is 20.2 Å². The van der Waals surface area contributed by atoms with Crippen LogP contribution in [0.4, 0.5) is 0 Å². The maximum Gasteiger partial charge on any atom is 0.258 e. The Morgan fingerprint density at radius 3 is 1.09 bits per heavy atom. The summed E-state index contributed by atoms with van der Waals surface area (Å²) in [4.78, 5) is 24.8. The molecule has 6 N–H and O–H groups in total. The van der Waals surface area contributed by atoms with Crippen molar-refractivity contribution in [3.8, 4) is 0 Å². The Morgan fingerprint density at radius 2 is 0.824 bits per heavy atom. The van der Waals surface area contributed by atoms with Crippen LogP contribution < -0.4 is 31.9 Å². The molecule has 5 rings (SSSR count). The van der Waals surface area contributed by atoms with E-state index in [-0.39, 0.29) is 73.3 Å². The van der Waals surface area contributed by atoms with Gasteiger partial charge in [0.05, 0.1) is 39.3 Å². The molecule has 3 aliphatic heterocycles. The lowest BCUT2D eigenvalue weighted by Crippen LogP contribution is -2.68. The molecule has 2 bridgehead atoms. The molecule has 3 heterocycles. The summed E-state index contributed by atoms with van der Waals surface area (Å²) >= 11 is 0. The summed E-state index contributed by atoms with van der Waals surface area (Å²) in [7, 11) is 0. The number of nitro groups is 2. The molecule has 4 unspecified atom stereocenters. The van der Waals surface area contributed by atoms with Crippen LogP contribution in [-0.2, 0) is 0 Å². The van der Waals surface area contributed by atoms with Crippen molar-refractivity contribution in [2.75, 3.05) is 52.4 Å². The lowest BCUT2D eigenvalue weighted by Gasteiger charge is -2.40. The Bertz CT molecular complexity index is 620. The van der Waals surface area contributed by atoms with E-state index in [0.29, 0.717) is 13.1 Å². The summed E-state index contributed by atoms with van der Waals surface area (Å²) in [6, 6.07) is 0.247. The van der Waals surface area contributed by atoms with Crippen molar-refractivity contribution in [2.24, 2.45) is 0 Å². The molecule has 5 fully saturated rings. The highest BCUT2D eigenvalue weighted by molar-refractivity contribution is 4.99. The highest BCUT2D eigenvalue weighted by Crippen LogP contribution is 2.24. The van der Waals surface area contributed by atoms with E-state index < -0.39 is 11.1 Å². The number of fused-ring (bicyclic) bond motifs is 9. The zero-order valence-corrected chi connectivity index (χ0v) is 20.2. The second kappa shape index (κ2) is 11.5. The highest BCUT2D eigenvalue weighted by atomic mass is 16.6. The van der Waals surface area contributed by atoms with Gasteiger partial charge in [-0.05, 0) is 25.7 Å². The highest BCUT2D eigenvalue weighted by Gasteiger charge is 2.47. The van der Waals surface area contributed by atoms with Crippen LogP contribution in [0.5, 0.6) is 0 Å². The molecule has 0 amide bonds. The van der Waals surface area contributed by atoms with Crippen LogP contribution in [0, 0.1) is 20.2 Å². The number of hydrogen-bond donors (Lipinski definition) is 6. The van der Waals surface area contributed by atoms with Crippen LogP contribution in [0.3, 0.4) is 0 Å². The quantitative estimate of drug-likeness (QED) is 0.217. The Hall–Kier alpha value is -1.44. The molecule has 5 aliphatic rings. The second-order valence-electron chi connectivity index (χ2n) is 10.8. The average Bonchev–Trinajstić information content (AvgIpc) is 2.84. The van der Waals surface area contributed by atoms with E-state index in [4.69, 9.17) is 0 Å². The van der Waals surface area contributed by atoms with Crippen molar-refractivity contribution >= 4 is 0 Å². The van der Waals surface area contributed by atoms with Crippen molar-refractivity contribution in [1.82, 2.24) is 31.9 Å². The summed E-state index contributed by atoms with van der Waals surface area (Å²) in [5.41, 5.74) is -2.33. The third-order valence-electron chi connectivity index (χ3n) is 8.47. The summed E-state index contributed by atoms with van der Waals surface area (Å²) in [5, 5.41) is 45.7. The fourth-order valence-corrected chi connectivity index (χ4v) is 6.10. The monoisotopic (exact) mass is 482 g/mol. The molecule has 0 aromatic heterocycles. The van der Waals surface area contributed by atoms with Gasteiger partial charge in [-0.2, -0.15) is 0 Å². The fraction of sp³-hybridized carbons (Fsp3) is 1.00. The largest absolute Gasteiger partial charge is 0.309 e. The molecular weight excluding hydrogens is 440 g/mol. The fourth-order valence-electron chi connectivity index (χ4n) is 6.10. The van der Waals surface area contributed by atoms with Crippen molar-refractivity contribution in [1.29, 1.82) is 0 Å². The van der Waals surface area contributed by atoms with Crippen molar-refractivity contribution in [3.05, 3.63) is 20.2 Å². The second-order valence-corrected chi connectivity index (χ2v) is 10.8. The number of nitrogens with zero attached hydrogens (tertiary/aromatic N) is 2. The molecule has 0 aromatic rings. The van der Waals surface area contributed by atoms with Crippen molar-refractivity contribution in [3.63, 3.8) is 0 Å². The van der Waals surface area contributed by atoms with E-state index in [1.807, 2.05) is 0 Å². The van der Waals surface area contributed by atoms with Gasteiger partial charge < -0.3 is 31.9 Å². The molecule has 12 nitrogen and oxygen atoms in total. The van der Waals surface area contributed by atoms with Gasteiger partial charge in [-0.15, -0.1) is 0 Å². The van der Waals surface area contributed by atoms with Crippen molar-refractivity contribution < 1.29 is 9.85 Å². The molecule has 0 spiro atoms. The Kier molecular flexibility index (Phi) is 8.70. The normalized spacial score (nSPS) is 40.8. The number of rotatable bonds is 2. The van der Waals surface area contributed by atoms with E-state index in [1.54, 1.807) is 0 Å². The van der Waals surface area contributed by atoms with Crippen LogP contribution >= 0.6 is 0 Å². The van der Waals surface area contributed by atoms with E-state index in [9.17, 15) is 20.2 Å². The molecule has 2 saturated carbocycles. The minimum Gasteiger partial charge on any atom is -0.309 e. The Morgan fingerprint density at radius 1 is 0.529 bits per heavy atom.